The Morgan fingerprint density at radius 1 is 0.609 bits per heavy atom. The number of para-hydroxylation sites is 1. The lowest BCUT2D eigenvalue weighted by atomic mass is 9.78. The summed E-state index contributed by atoms with van der Waals surface area (Å²) in [5, 5.41) is 7.16. The molecule has 0 aliphatic heterocycles. The largest absolute Gasteiger partial charge is 0.457 e. The molecule has 46 heavy (non-hydrogen) atoms. The Hall–Kier alpha value is -5.16. The number of ether oxygens (including phenoxy) is 1. The number of benzene rings is 4. The van der Waals surface area contributed by atoms with Gasteiger partial charge in [0.05, 0.1) is 22.4 Å². The summed E-state index contributed by atoms with van der Waals surface area (Å²) in [6.07, 6.45) is 1.91. The molecule has 0 bridgehead atoms. The number of fused-ring (bicyclic) bond motifs is 3. The molecular formula is C41H40N4O. The van der Waals surface area contributed by atoms with Gasteiger partial charge in [-0.1, -0.05) is 83.1 Å². The van der Waals surface area contributed by atoms with Gasteiger partial charge in [0.1, 0.15) is 17.3 Å². The van der Waals surface area contributed by atoms with Crippen LogP contribution in [0.25, 0.3) is 33.3 Å². The van der Waals surface area contributed by atoms with Crippen molar-refractivity contribution in [2.75, 3.05) is 0 Å². The average Bonchev–Trinajstić information content (AvgIpc) is 3.56. The number of aryl methyl sites for hydroxylation is 2. The van der Waals surface area contributed by atoms with Crippen LogP contribution in [0.3, 0.4) is 0 Å². The van der Waals surface area contributed by atoms with Crippen molar-refractivity contribution in [3.05, 3.63) is 143 Å². The minimum absolute atomic E-state index is 0.00639. The number of hydrogen-bond acceptors (Lipinski definition) is 3. The zero-order valence-corrected chi connectivity index (χ0v) is 27.7. The van der Waals surface area contributed by atoms with Gasteiger partial charge in [-0.05, 0) is 84.5 Å². The SMILES string of the molecule is Cc1cc(C)n(-c2cc(Oc3ccc4c5ccccc5n(-c5cc(C(C)(C)C)ccn5)c4c3)cc(C(C)(C)c3ccccc3)c2)n1. The van der Waals surface area contributed by atoms with Gasteiger partial charge in [0, 0.05) is 40.2 Å². The maximum Gasteiger partial charge on any atom is 0.137 e. The summed E-state index contributed by atoms with van der Waals surface area (Å²) in [6.45, 7) is 15.3. The van der Waals surface area contributed by atoms with Gasteiger partial charge < -0.3 is 4.74 Å². The zero-order chi connectivity index (χ0) is 32.2. The summed E-state index contributed by atoms with van der Waals surface area (Å²) in [6, 6.07) is 38.4. The highest BCUT2D eigenvalue weighted by atomic mass is 16.5. The Labute approximate surface area is 271 Å². The van der Waals surface area contributed by atoms with E-state index >= 15 is 0 Å². The topological polar surface area (TPSA) is 44.9 Å². The van der Waals surface area contributed by atoms with Gasteiger partial charge in [-0.3, -0.25) is 4.57 Å². The van der Waals surface area contributed by atoms with Crippen LogP contribution >= 0.6 is 0 Å². The summed E-state index contributed by atoms with van der Waals surface area (Å²) in [7, 11) is 0. The van der Waals surface area contributed by atoms with Crippen molar-refractivity contribution in [3.8, 4) is 23.0 Å². The Morgan fingerprint density at radius 3 is 2.09 bits per heavy atom. The predicted octanol–water partition coefficient (Wildman–Crippen LogP) is 10.4. The van der Waals surface area contributed by atoms with E-state index in [1.807, 2.05) is 17.8 Å². The van der Waals surface area contributed by atoms with Gasteiger partial charge in [0.15, 0.2) is 0 Å². The van der Waals surface area contributed by atoms with Crippen LogP contribution in [0.2, 0.25) is 0 Å². The van der Waals surface area contributed by atoms with Crippen LogP contribution in [0.1, 0.15) is 62.7 Å². The third-order valence-electron chi connectivity index (χ3n) is 9.08. The van der Waals surface area contributed by atoms with Gasteiger partial charge in [0.25, 0.3) is 0 Å². The molecule has 0 saturated carbocycles. The fourth-order valence-corrected chi connectivity index (χ4v) is 6.44. The van der Waals surface area contributed by atoms with Gasteiger partial charge in [-0.25, -0.2) is 9.67 Å². The van der Waals surface area contributed by atoms with Crippen LogP contribution < -0.4 is 4.74 Å². The minimum Gasteiger partial charge on any atom is -0.457 e. The van der Waals surface area contributed by atoms with E-state index in [1.54, 1.807) is 0 Å². The first-order valence-corrected chi connectivity index (χ1v) is 15.9. The number of hydrogen-bond donors (Lipinski definition) is 0. The molecule has 3 aromatic heterocycles. The van der Waals surface area contributed by atoms with Crippen LogP contribution in [-0.4, -0.2) is 19.3 Å². The van der Waals surface area contributed by atoms with E-state index in [2.05, 4.69) is 155 Å². The van der Waals surface area contributed by atoms with Crippen LogP contribution in [-0.2, 0) is 10.8 Å². The van der Waals surface area contributed by atoms with Crippen molar-refractivity contribution in [2.45, 2.75) is 59.3 Å². The van der Waals surface area contributed by atoms with Crippen molar-refractivity contribution in [1.29, 1.82) is 0 Å². The van der Waals surface area contributed by atoms with E-state index in [0.717, 1.165) is 56.4 Å². The summed E-state index contributed by atoms with van der Waals surface area (Å²) < 4.78 is 11.0. The molecular weight excluding hydrogens is 564 g/mol. The van der Waals surface area contributed by atoms with Gasteiger partial charge >= 0.3 is 0 Å². The Morgan fingerprint density at radius 2 is 1.35 bits per heavy atom. The quantitative estimate of drug-likeness (QED) is 0.190. The second-order valence-electron chi connectivity index (χ2n) is 13.8. The molecule has 0 saturated heterocycles. The highest BCUT2D eigenvalue weighted by Crippen LogP contribution is 2.39. The number of pyridine rings is 1. The second-order valence-corrected chi connectivity index (χ2v) is 13.8. The van der Waals surface area contributed by atoms with E-state index in [0.29, 0.717) is 0 Å². The van der Waals surface area contributed by atoms with E-state index in [4.69, 9.17) is 14.8 Å². The second kappa shape index (κ2) is 11.0. The van der Waals surface area contributed by atoms with Crippen molar-refractivity contribution < 1.29 is 4.74 Å². The molecule has 0 N–H and O–H groups in total. The Bertz CT molecular complexity index is 2210. The molecule has 7 aromatic rings. The molecule has 5 heteroatoms. The van der Waals surface area contributed by atoms with Crippen LogP contribution in [0, 0.1) is 13.8 Å². The van der Waals surface area contributed by atoms with E-state index in [-0.39, 0.29) is 10.8 Å². The lowest BCUT2D eigenvalue weighted by Crippen LogP contribution is -2.19. The fourth-order valence-electron chi connectivity index (χ4n) is 6.44. The molecule has 0 atom stereocenters. The molecule has 0 radical (unpaired) electrons. The predicted molar refractivity (Wildman–Crippen MR) is 189 cm³/mol. The Balaban J connectivity index is 1.38. The number of nitrogens with zero attached hydrogens (tertiary/aromatic N) is 4. The minimum atomic E-state index is -0.258. The molecule has 0 unspecified atom stereocenters. The summed E-state index contributed by atoms with van der Waals surface area (Å²) in [5.41, 5.74) is 8.58. The van der Waals surface area contributed by atoms with E-state index in [9.17, 15) is 0 Å². The van der Waals surface area contributed by atoms with Crippen molar-refractivity contribution >= 4 is 21.8 Å². The molecule has 7 rings (SSSR count). The molecule has 230 valence electrons. The van der Waals surface area contributed by atoms with Crippen LogP contribution in [0.5, 0.6) is 11.5 Å². The van der Waals surface area contributed by atoms with Crippen LogP contribution in [0.15, 0.2) is 115 Å². The summed E-state index contributed by atoms with van der Waals surface area (Å²) >= 11 is 0. The molecule has 4 aromatic carbocycles. The standard InChI is InChI=1S/C41H40N4O/c1-27-21-28(2)45(43-27)32-22-31(41(6,7)29-13-9-8-10-14-29)23-34(25-32)46-33-17-18-36-35-15-11-12-16-37(35)44(38(36)26-33)39-24-30(19-20-42-39)40(3,4)5/h8-26H,1-7H3. The summed E-state index contributed by atoms with van der Waals surface area (Å²) in [4.78, 5) is 4.84. The van der Waals surface area contributed by atoms with E-state index in [1.165, 1.54) is 16.5 Å². The van der Waals surface area contributed by atoms with Crippen LogP contribution in [0.4, 0.5) is 0 Å². The lowest BCUT2D eigenvalue weighted by molar-refractivity contribution is 0.480. The molecule has 5 nitrogen and oxygen atoms in total. The highest BCUT2D eigenvalue weighted by molar-refractivity contribution is 6.09. The first-order valence-electron chi connectivity index (χ1n) is 15.9. The smallest absolute Gasteiger partial charge is 0.137 e. The van der Waals surface area contributed by atoms with Gasteiger partial charge in [-0.2, -0.15) is 5.10 Å². The zero-order valence-electron chi connectivity index (χ0n) is 27.7. The number of aromatic nitrogens is 4. The molecule has 0 aliphatic rings. The third kappa shape index (κ3) is 5.26. The molecule has 3 heterocycles. The van der Waals surface area contributed by atoms with Gasteiger partial charge in [0.2, 0.25) is 0 Å². The lowest BCUT2D eigenvalue weighted by Gasteiger charge is -2.27. The first-order chi connectivity index (χ1) is 22.0. The first kappa shape index (κ1) is 29.5. The van der Waals surface area contributed by atoms with E-state index < -0.39 is 0 Å². The molecule has 0 amide bonds. The third-order valence-corrected chi connectivity index (χ3v) is 9.08. The maximum atomic E-state index is 6.76. The van der Waals surface area contributed by atoms with Gasteiger partial charge in [-0.15, -0.1) is 0 Å². The monoisotopic (exact) mass is 604 g/mol. The molecule has 0 spiro atoms. The van der Waals surface area contributed by atoms with Crippen molar-refractivity contribution in [1.82, 2.24) is 19.3 Å². The fraction of sp³-hybridized carbons (Fsp3) is 0.220. The molecule has 0 aliphatic carbocycles. The summed E-state index contributed by atoms with van der Waals surface area (Å²) in [5.74, 6) is 2.42. The normalized spacial score (nSPS) is 12.2. The highest BCUT2D eigenvalue weighted by Gasteiger charge is 2.25. The average molecular weight is 605 g/mol. The number of rotatable bonds is 6. The van der Waals surface area contributed by atoms with Crippen molar-refractivity contribution in [3.63, 3.8) is 0 Å². The maximum absolute atomic E-state index is 6.76. The Kier molecular flexibility index (Phi) is 7.08. The molecule has 0 fully saturated rings. The van der Waals surface area contributed by atoms with Crippen molar-refractivity contribution in [2.24, 2.45) is 0 Å².